The molecule has 0 fully saturated rings. The highest BCUT2D eigenvalue weighted by atomic mass is 16.4. The molecule has 0 bridgehead atoms. The zero-order valence-corrected chi connectivity index (χ0v) is 18.0. The Balaban J connectivity index is 3.35. The van der Waals surface area contributed by atoms with E-state index in [1.54, 1.807) is 6.07 Å². The molecule has 0 saturated heterocycles. The van der Waals surface area contributed by atoms with Gasteiger partial charge in [-0.3, -0.25) is 0 Å². The van der Waals surface area contributed by atoms with E-state index in [1.807, 2.05) is 0 Å². The maximum absolute atomic E-state index is 12.1. The molecule has 158 valence electrons. The van der Waals surface area contributed by atoms with Crippen LogP contribution in [0.1, 0.15) is 111 Å². The summed E-state index contributed by atoms with van der Waals surface area (Å²) in [6.45, 7) is 8.45. The van der Waals surface area contributed by atoms with Crippen LogP contribution in [0.5, 0.6) is 0 Å². The van der Waals surface area contributed by atoms with Gasteiger partial charge >= 0.3 is 0 Å². The van der Waals surface area contributed by atoms with Crippen LogP contribution in [0.2, 0.25) is 0 Å². The lowest BCUT2D eigenvalue weighted by molar-refractivity contribution is -0.255. The summed E-state index contributed by atoms with van der Waals surface area (Å²) in [5.41, 5.74) is 1.19. The summed E-state index contributed by atoms with van der Waals surface area (Å²) in [5.74, 6) is -1.94. The molecule has 1 aromatic carbocycles. The van der Waals surface area contributed by atoms with Gasteiger partial charge in [0.1, 0.15) is 0 Å². The molecule has 0 spiro atoms. The van der Waals surface area contributed by atoms with Gasteiger partial charge in [-0.05, 0) is 35.8 Å². The van der Waals surface area contributed by atoms with Crippen molar-refractivity contribution in [2.24, 2.45) is 11.8 Å². The molecule has 0 amide bonds. The first-order chi connectivity index (χ1) is 13.4. The Labute approximate surface area is 170 Å². The summed E-state index contributed by atoms with van der Waals surface area (Å²) in [6.07, 6.45) is 9.28. The van der Waals surface area contributed by atoms with Crippen LogP contribution in [-0.4, -0.2) is 11.9 Å². The maximum atomic E-state index is 12.1. The molecule has 1 rings (SSSR count). The lowest BCUT2D eigenvalue weighted by atomic mass is 9.83. The summed E-state index contributed by atoms with van der Waals surface area (Å²) in [6, 6.07) is 3.19. The minimum atomic E-state index is -1.31. The molecule has 0 aromatic heterocycles. The van der Waals surface area contributed by atoms with E-state index in [1.165, 1.54) is 6.07 Å². The third-order valence-electron chi connectivity index (χ3n) is 5.91. The fourth-order valence-electron chi connectivity index (χ4n) is 4.01. The third-order valence-corrected chi connectivity index (χ3v) is 5.91. The molecule has 4 heteroatoms. The number of aromatic carboxylic acids is 2. The van der Waals surface area contributed by atoms with Crippen LogP contribution in [0.4, 0.5) is 0 Å². The number of carboxylic acid groups (broad SMARTS) is 2. The largest absolute Gasteiger partial charge is 0.545 e. The highest BCUT2D eigenvalue weighted by molar-refractivity contribution is 5.96. The van der Waals surface area contributed by atoms with Crippen LogP contribution in [0.3, 0.4) is 0 Å². The molecule has 28 heavy (non-hydrogen) atoms. The van der Waals surface area contributed by atoms with Crippen molar-refractivity contribution in [3.05, 3.63) is 34.4 Å². The SMILES string of the molecule is CCCCC(CC)Cc1ccc(C(=O)[O-])c(CC(CC)CCCC)c1C(=O)[O-]. The fraction of sp³-hybridized carbons (Fsp3) is 0.667. The first-order valence-electron chi connectivity index (χ1n) is 11.0. The van der Waals surface area contributed by atoms with E-state index in [0.29, 0.717) is 29.9 Å². The van der Waals surface area contributed by atoms with Crippen molar-refractivity contribution in [2.45, 2.75) is 91.9 Å². The van der Waals surface area contributed by atoms with Gasteiger partial charge in [-0.15, -0.1) is 0 Å². The number of benzene rings is 1. The number of carboxylic acids is 2. The number of hydrogen-bond acceptors (Lipinski definition) is 4. The normalized spacial score (nSPS) is 13.3. The molecule has 2 unspecified atom stereocenters. The lowest BCUT2D eigenvalue weighted by Gasteiger charge is -2.25. The van der Waals surface area contributed by atoms with Gasteiger partial charge < -0.3 is 19.8 Å². The fourth-order valence-corrected chi connectivity index (χ4v) is 4.01. The van der Waals surface area contributed by atoms with Gasteiger partial charge in [0.05, 0.1) is 11.9 Å². The second kappa shape index (κ2) is 12.6. The average Bonchev–Trinajstić information content (AvgIpc) is 2.67. The molecule has 0 N–H and O–H groups in total. The molecular weight excluding hydrogens is 352 g/mol. The third kappa shape index (κ3) is 6.96. The predicted molar refractivity (Wildman–Crippen MR) is 109 cm³/mol. The molecule has 0 aliphatic rings. The first-order valence-corrected chi connectivity index (χ1v) is 11.0. The smallest absolute Gasteiger partial charge is 0.0721 e. The summed E-state index contributed by atoms with van der Waals surface area (Å²) in [7, 11) is 0. The number of rotatable bonds is 14. The Hall–Kier alpha value is -1.84. The van der Waals surface area contributed by atoms with E-state index in [-0.39, 0.29) is 17.0 Å². The number of carbonyl (C=O) groups is 2. The van der Waals surface area contributed by atoms with Crippen molar-refractivity contribution in [2.75, 3.05) is 0 Å². The van der Waals surface area contributed by atoms with Crippen molar-refractivity contribution in [1.82, 2.24) is 0 Å². The summed E-state index contributed by atoms with van der Waals surface area (Å²) in [4.78, 5) is 23.7. The Morgan fingerprint density at radius 2 is 1.36 bits per heavy atom. The van der Waals surface area contributed by atoms with E-state index < -0.39 is 11.9 Å². The molecule has 0 radical (unpaired) electrons. The first kappa shape index (κ1) is 24.2. The molecule has 0 saturated carbocycles. The Kier molecular flexibility index (Phi) is 10.9. The minimum Gasteiger partial charge on any atom is -0.545 e. The molecule has 4 nitrogen and oxygen atoms in total. The monoisotopic (exact) mass is 388 g/mol. The van der Waals surface area contributed by atoms with E-state index in [2.05, 4.69) is 27.7 Å². The van der Waals surface area contributed by atoms with Crippen LogP contribution >= 0.6 is 0 Å². The molecule has 0 aliphatic carbocycles. The van der Waals surface area contributed by atoms with Gasteiger partial charge in [-0.1, -0.05) is 91.2 Å². The molecule has 2 atom stereocenters. The predicted octanol–water partition coefficient (Wildman–Crippen LogP) is 3.93. The zero-order chi connectivity index (χ0) is 21.1. The Morgan fingerprint density at radius 1 is 0.821 bits per heavy atom. The van der Waals surface area contributed by atoms with Gasteiger partial charge in [0.25, 0.3) is 0 Å². The van der Waals surface area contributed by atoms with Gasteiger partial charge in [0.2, 0.25) is 0 Å². The van der Waals surface area contributed by atoms with Crippen molar-refractivity contribution in [3.63, 3.8) is 0 Å². The topological polar surface area (TPSA) is 80.3 Å². The second-order valence-corrected chi connectivity index (χ2v) is 7.94. The van der Waals surface area contributed by atoms with Crippen molar-refractivity contribution in [3.8, 4) is 0 Å². The summed E-state index contributed by atoms with van der Waals surface area (Å²) >= 11 is 0. The van der Waals surface area contributed by atoms with Crippen LogP contribution in [0.15, 0.2) is 12.1 Å². The quantitative estimate of drug-likeness (QED) is 0.483. The van der Waals surface area contributed by atoms with Crippen LogP contribution in [0, 0.1) is 11.8 Å². The van der Waals surface area contributed by atoms with Gasteiger partial charge in [0.15, 0.2) is 0 Å². The van der Waals surface area contributed by atoms with Crippen molar-refractivity contribution >= 4 is 11.9 Å². The van der Waals surface area contributed by atoms with E-state index in [0.717, 1.165) is 51.4 Å². The second-order valence-electron chi connectivity index (χ2n) is 7.94. The van der Waals surface area contributed by atoms with Crippen LogP contribution in [-0.2, 0) is 12.8 Å². The van der Waals surface area contributed by atoms with Gasteiger partial charge in [-0.2, -0.15) is 0 Å². The number of unbranched alkanes of at least 4 members (excludes halogenated alkanes) is 2. The van der Waals surface area contributed by atoms with E-state index >= 15 is 0 Å². The number of hydrogen-bond donors (Lipinski definition) is 0. The lowest BCUT2D eigenvalue weighted by Crippen LogP contribution is -2.31. The minimum absolute atomic E-state index is 0.000458. The highest BCUT2D eigenvalue weighted by Crippen LogP contribution is 2.29. The van der Waals surface area contributed by atoms with Gasteiger partial charge in [-0.25, -0.2) is 0 Å². The maximum Gasteiger partial charge on any atom is 0.0721 e. The van der Waals surface area contributed by atoms with Gasteiger partial charge in [0, 0.05) is 11.1 Å². The summed E-state index contributed by atoms with van der Waals surface area (Å²) in [5, 5.41) is 23.7. The van der Waals surface area contributed by atoms with Crippen molar-refractivity contribution < 1.29 is 19.8 Å². The molecule has 0 aliphatic heterocycles. The van der Waals surface area contributed by atoms with E-state index in [9.17, 15) is 19.8 Å². The average molecular weight is 389 g/mol. The molecule has 1 aromatic rings. The number of carbonyl (C=O) groups excluding carboxylic acids is 2. The standard InChI is InChI=1S/C24H38O4/c1-5-9-11-17(7-3)15-19-13-14-20(23(25)26)21(22(19)24(27)28)16-18(8-4)12-10-6-2/h13-14,17-18H,5-12,15-16H2,1-4H3,(H,25,26)(H,27,28)/p-2. The zero-order valence-electron chi connectivity index (χ0n) is 18.0. The highest BCUT2D eigenvalue weighted by Gasteiger charge is 2.20. The Morgan fingerprint density at radius 3 is 1.79 bits per heavy atom. The molecular formula is C24H36O4-2. The van der Waals surface area contributed by atoms with Crippen LogP contribution in [0.25, 0.3) is 0 Å². The Bertz CT molecular complexity index is 636. The van der Waals surface area contributed by atoms with Crippen LogP contribution < -0.4 is 10.2 Å². The van der Waals surface area contributed by atoms with E-state index in [4.69, 9.17) is 0 Å². The molecule has 0 heterocycles. The van der Waals surface area contributed by atoms with Crippen molar-refractivity contribution in [1.29, 1.82) is 0 Å². The summed E-state index contributed by atoms with van der Waals surface area (Å²) < 4.78 is 0.